The second kappa shape index (κ2) is 10.0. The number of piperidine rings is 1. The van der Waals surface area contributed by atoms with E-state index in [9.17, 15) is 14.4 Å². The molecule has 8 nitrogen and oxygen atoms in total. The number of piperazine rings is 1. The summed E-state index contributed by atoms with van der Waals surface area (Å²) in [5.74, 6) is 1.35. The molecule has 2 aromatic rings. The summed E-state index contributed by atoms with van der Waals surface area (Å²) in [6.45, 7) is 11.4. The van der Waals surface area contributed by atoms with Gasteiger partial charge in [0, 0.05) is 52.2 Å². The molecule has 0 aliphatic carbocycles. The molecule has 2 fully saturated rings. The zero-order valence-corrected chi connectivity index (χ0v) is 20.0. The first-order valence-corrected chi connectivity index (χ1v) is 12.0. The molecule has 2 aliphatic heterocycles. The molecule has 8 heteroatoms. The Balaban J connectivity index is 1.26. The van der Waals surface area contributed by atoms with Crippen LogP contribution in [0.5, 0.6) is 0 Å². The molecule has 0 bridgehead atoms. The quantitative estimate of drug-likeness (QED) is 0.689. The van der Waals surface area contributed by atoms with Gasteiger partial charge in [0.15, 0.2) is 0 Å². The monoisotopic (exact) mass is 453 g/mol. The van der Waals surface area contributed by atoms with Crippen molar-refractivity contribution in [2.24, 2.45) is 11.8 Å². The summed E-state index contributed by atoms with van der Waals surface area (Å²) in [5, 5.41) is 0.584. The van der Waals surface area contributed by atoms with E-state index in [0.29, 0.717) is 62.0 Å². The smallest absolute Gasteiger partial charge is 0.261 e. The summed E-state index contributed by atoms with van der Waals surface area (Å²) in [7, 11) is 0. The Hall–Kier alpha value is -2.74. The number of benzene rings is 1. The number of rotatable bonds is 5. The molecular formula is C25H35N5O3. The van der Waals surface area contributed by atoms with Crippen molar-refractivity contribution in [3.05, 3.63) is 40.4 Å². The summed E-state index contributed by atoms with van der Waals surface area (Å²) >= 11 is 0. The molecule has 0 N–H and O–H groups in total. The number of hydrogen-bond acceptors (Lipinski definition) is 5. The van der Waals surface area contributed by atoms with Crippen LogP contribution in [0.1, 0.15) is 32.3 Å². The highest BCUT2D eigenvalue weighted by Gasteiger charge is 2.28. The molecule has 3 heterocycles. The lowest BCUT2D eigenvalue weighted by atomic mass is 9.92. The number of aromatic nitrogens is 2. The third-order valence-corrected chi connectivity index (χ3v) is 6.93. The SMILES string of the molecule is Cc1cccc2c(=O)n(CCC(=O)N3CCN(CC(=O)N4CC(C)CC(C)C4)CC3)cnc12. The maximum Gasteiger partial charge on any atom is 0.261 e. The van der Waals surface area contributed by atoms with E-state index in [0.717, 1.165) is 18.7 Å². The minimum atomic E-state index is -0.110. The third-order valence-electron chi connectivity index (χ3n) is 6.93. The molecule has 0 radical (unpaired) electrons. The number of fused-ring (bicyclic) bond motifs is 1. The van der Waals surface area contributed by atoms with Crippen molar-refractivity contribution < 1.29 is 9.59 Å². The fraction of sp³-hybridized carbons (Fsp3) is 0.600. The minimum Gasteiger partial charge on any atom is -0.341 e. The van der Waals surface area contributed by atoms with Gasteiger partial charge in [-0.25, -0.2) is 4.98 Å². The molecule has 2 aliphatic rings. The van der Waals surface area contributed by atoms with Gasteiger partial charge in [-0.05, 0) is 36.8 Å². The number of nitrogens with zero attached hydrogens (tertiary/aromatic N) is 5. The highest BCUT2D eigenvalue weighted by molar-refractivity contribution is 5.80. The van der Waals surface area contributed by atoms with Gasteiger partial charge in [0.1, 0.15) is 0 Å². The Morgan fingerprint density at radius 3 is 2.39 bits per heavy atom. The first-order chi connectivity index (χ1) is 15.8. The first kappa shape index (κ1) is 23.4. The summed E-state index contributed by atoms with van der Waals surface area (Å²) in [6, 6.07) is 5.57. The topological polar surface area (TPSA) is 78.8 Å². The van der Waals surface area contributed by atoms with Crippen LogP contribution in [0.25, 0.3) is 10.9 Å². The van der Waals surface area contributed by atoms with Crippen LogP contribution < -0.4 is 5.56 Å². The fourth-order valence-corrected chi connectivity index (χ4v) is 5.18. The summed E-state index contributed by atoms with van der Waals surface area (Å²) in [4.78, 5) is 48.6. The highest BCUT2D eigenvalue weighted by Crippen LogP contribution is 2.21. The first-order valence-electron chi connectivity index (χ1n) is 12.0. The maximum absolute atomic E-state index is 12.7. The van der Waals surface area contributed by atoms with Crippen molar-refractivity contribution in [1.82, 2.24) is 24.3 Å². The minimum absolute atomic E-state index is 0.0379. The van der Waals surface area contributed by atoms with E-state index in [1.165, 1.54) is 17.3 Å². The van der Waals surface area contributed by atoms with Crippen molar-refractivity contribution in [3.8, 4) is 0 Å². The molecule has 1 aromatic carbocycles. The van der Waals surface area contributed by atoms with Gasteiger partial charge in [0.2, 0.25) is 11.8 Å². The Kier molecular flexibility index (Phi) is 7.12. The van der Waals surface area contributed by atoms with Gasteiger partial charge < -0.3 is 9.80 Å². The van der Waals surface area contributed by atoms with E-state index in [2.05, 4.69) is 23.7 Å². The molecule has 2 saturated heterocycles. The van der Waals surface area contributed by atoms with Gasteiger partial charge in [-0.15, -0.1) is 0 Å². The number of aryl methyl sites for hydroxylation is 2. The lowest BCUT2D eigenvalue weighted by Crippen LogP contribution is -2.53. The predicted octanol–water partition coefficient (Wildman–Crippen LogP) is 1.74. The molecule has 0 spiro atoms. The summed E-state index contributed by atoms with van der Waals surface area (Å²) in [5.41, 5.74) is 1.57. The lowest BCUT2D eigenvalue weighted by Gasteiger charge is -2.38. The number of amides is 2. The van der Waals surface area contributed by atoms with E-state index in [-0.39, 0.29) is 23.8 Å². The van der Waals surface area contributed by atoms with E-state index >= 15 is 0 Å². The van der Waals surface area contributed by atoms with Gasteiger partial charge in [0.05, 0.1) is 23.8 Å². The van der Waals surface area contributed by atoms with Crippen LogP contribution in [0, 0.1) is 18.8 Å². The molecule has 2 amide bonds. The van der Waals surface area contributed by atoms with Gasteiger partial charge in [0.25, 0.3) is 5.56 Å². The molecule has 33 heavy (non-hydrogen) atoms. The van der Waals surface area contributed by atoms with Gasteiger partial charge in [-0.3, -0.25) is 23.9 Å². The Bertz CT molecular complexity index is 1060. The Labute approximate surface area is 195 Å². The van der Waals surface area contributed by atoms with Gasteiger partial charge in [-0.1, -0.05) is 26.0 Å². The van der Waals surface area contributed by atoms with E-state index < -0.39 is 0 Å². The molecular weight excluding hydrogens is 418 g/mol. The van der Waals surface area contributed by atoms with Crippen LogP contribution in [-0.2, 0) is 16.1 Å². The number of para-hydroxylation sites is 1. The Morgan fingerprint density at radius 1 is 1.00 bits per heavy atom. The summed E-state index contributed by atoms with van der Waals surface area (Å²) in [6.07, 6.45) is 2.99. The van der Waals surface area contributed by atoms with E-state index in [4.69, 9.17) is 0 Å². The number of carbonyl (C=O) groups excluding carboxylic acids is 2. The number of hydrogen-bond donors (Lipinski definition) is 0. The Morgan fingerprint density at radius 2 is 1.70 bits per heavy atom. The van der Waals surface area contributed by atoms with Gasteiger partial charge >= 0.3 is 0 Å². The standard InChI is InChI=1S/C25H35N5O3/c1-18-13-19(2)15-30(14-18)23(32)16-27-9-11-28(12-10-27)22(31)7-8-29-17-26-24-20(3)5-4-6-21(24)25(29)33/h4-6,17-19H,7-16H2,1-3H3. The number of carbonyl (C=O) groups is 2. The van der Waals surface area contributed by atoms with Crippen LogP contribution in [-0.4, -0.2) is 81.9 Å². The lowest BCUT2D eigenvalue weighted by molar-refractivity contribution is -0.137. The molecule has 4 rings (SSSR count). The molecule has 2 unspecified atom stereocenters. The van der Waals surface area contributed by atoms with Gasteiger partial charge in [-0.2, -0.15) is 0 Å². The zero-order chi connectivity index (χ0) is 23.5. The van der Waals surface area contributed by atoms with Crippen molar-refractivity contribution in [2.45, 2.75) is 40.2 Å². The number of likely N-dealkylation sites (tertiary alicyclic amines) is 1. The molecule has 2 atom stereocenters. The van der Waals surface area contributed by atoms with Crippen LogP contribution in [0.15, 0.2) is 29.3 Å². The van der Waals surface area contributed by atoms with Crippen molar-refractivity contribution >= 4 is 22.7 Å². The van der Waals surface area contributed by atoms with Crippen molar-refractivity contribution in [1.29, 1.82) is 0 Å². The van der Waals surface area contributed by atoms with E-state index in [1.54, 1.807) is 6.07 Å². The second-order valence-corrected chi connectivity index (χ2v) is 9.87. The molecule has 178 valence electrons. The van der Waals surface area contributed by atoms with Crippen LogP contribution in [0.3, 0.4) is 0 Å². The average Bonchev–Trinajstić information content (AvgIpc) is 2.79. The highest BCUT2D eigenvalue weighted by atomic mass is 16.2. The normalized spacial score (nSPS) is 22.0. The molecule has 1 aromatic heterocycles. The zero-order valence-electron chi connectivity index (χ0n) is 20.0. The second-order valence-electron chi connectivity index (χ2n) is 9.87. The average molecular weight is 454 g/mol. The largest absolute Gasteiger partial charge is 0.341 e. The maximum atomic E-state index is 12.7. The van der Waals surface area contributed by atoms with Crippen molar-refractivity contribution in [3.63, 3.8) is 0 Å². The molecule has 0 saturated carbocycles. The van der Waals surface area contributed by atoms with Crippen molar-refractivity contribution in [2.75, 3.05) is 45.8 Å². The summed E-state index contributed by atoms with van der Waals surface area (Å²) < 4.78 is 1.52. The van der Waals surface area contributed by atoms with Crippen LogP contribution in [0.4, 0.5) is 0 Å². The fourth-order valence-electron chi connectivity index (χ4n) is 5.18. The third kappa shape index (κ3) is 5.43. The van der Waals surface area contributed by atoms with Crippen LogP contribution in [0.2, 0.25) is 0 Å². The van der Waals surface area contributed by atoms with E-state index in [1.807, 2.05) is 28.9 Å². The predicted molar refractivity (Wildman–Crippen MR) is 128 cm³/mol. The van der Waals surface area contributed by atoms with Crippen LogP contribution >= 0.6 is 0 Å².